The van der Waals surface area contributed by atoms with E-state index in [-0.39, 0.29) is 55.6 Å². The number of carbonyl (C=O) groups is 5. The fourth-order valence-corrected chi connectivity index (χ4v) is 5.61. The minimum Gasteiger partial charge on any atom is -0.493 e. The number of nitrogens with one attached hydrogen (secondary N) is 5. The molecule has 1 aliphatic heterocycles. The Bertz CT molecular complexity index is 1660. The van der Waals surface area contributed by atoms with Gasteiger partial charge in [-0.1, -0.05) is 68.4 Å². The highest BCUT2D eigenvalue weighted by Crippen LogP contribution is 2.23. The van der Waals surface area contributed by atoms with Gasteiger partial charge in [0, 0.05) is 36.9 Å². The maximum atomic E-state index is 13.6. The van der Waals surface area contributed by atoms with Crippen molar-refractivity contribution in [3.8, 4) is 5.75 Å². The molecule has 1 aliphatic rings. The maximum absolute atomic E-state index is 13.6. The minimum atomic E-state index is -1.29. The second-order valence-corrected chi connectivity index (χ2v) is 13.7. The van der Waals surface area contributed by atoms with Crippen molar-refractivity contribution in [2.45, 2.75) is 76.4 Å². The lowest BCUT2D eigenvalue weighted by molar-refractivity contribution is -0.131. The van der Waals surface area contributed by atoms with E-state index in [0.717, 1.165) is 11.1 Å². The first-order chi connectivity index (χ1) is 23.7. The number of rotatable bonds is 6. The van der Waals surface area contributed by atoms with Crippen LogP contribution in [0, 0.1) is 5.82 Å². The molecule has 0 saturated heterocycles. The van der Waals surface area contributed by atoms with Crippen LogP contribution < -0.4 is 31.3 Å². The molecule has 4 rings (SSSR count). The number of carbonyl (C=O) groups excluding carboxylic acids is 5. The highest BCUT2D eigenvalue weighted by atomic mass is 19.1. The fraction of sp³-hybridized carbons (Fsp3) is 0.395. The lowest BCUT2D eigenvalue weighted by Gasteiger charge is -2.29. The molecule has 0 fully saturated rings. The molecule has 0 radical (unpaired) electrons. The summed E-state index contributed by atoms with van der Waals surface area (Å²) in [5, 5.41) is 14.0. The predicted octanol–water partition coefficient (Wildman–Crippen LogP) is 3.32. The number of para-hydroxylation sites is 1. The molecule has 50 heavy (non-hydrogen) atoms. The molecule has 2 atom stereocenters. The largest absolute Gasteiger partial charge is 0.493 e. The SMILES string of the molecule is CC1(C)CC(=O)N[C@@H](Cc2ccccc2)C(=O)NCCCOc2ccccc2C(=O)N[C@H](C(=O)NCC(C)(C)c2ccc(F)cc2)CC(=O)N1. The molecule has 0 spiro atoms. The van der Waals surface area contributed by atoms with Gasteiger partial charge in [-0.15, -0.1) is 0 Å². The van der Waals surface area contributed by atoms with Crippen molar-refractivity contribution in [1.29, 1.82) is 0 Å². The number of fused-ring (bicyclic) bond motifs is 1. The zero-order valence-electron chi connectivity index (χ0n) is 28.9. The van der Waals surface area contributed by atoms with Crippen LogP contribution in [0.1, 0.15) is 68.4 Å². The van der Waals surface area contributed by atoms with Gasteiger partial charge in [0.1, 0.15) is 23.7 Å². The van der Waals surface area contributed by atoms with Gasteiger partial charge >= 0.3 is 0 Å². The summed E-state index contributed by atoms with van der Waals surface area (Å²) >= 11 is 0. The summed E-state index contributed by atoms with van der Waals surface area (Å²) in [6.07, 6.45) is 0.0842. The van der Waals surface area contributed by atoms with Crippen molar-refractivity contribution >= 4 is 29.5 Å². The predicted molar refractivity (Wildman–Crippen MR) is 187 cm³/mol. The van der Waals surface area contributed by atoms with E-state index in [4.69, 9.17) is 4.74 Å². The molecule has 0 saturated carbocycles. The molecule has 0 bridgehead atoms. The molecule has 5 N–H and O–H groups in total. The maximum Gasteiger partial charge on any atom is 0.255 e. The van der Waals surface area contributed by atoms with Crippen molar-refractivity contribution in [2.75, 3.05) is 19.7 Å². The highest BCUT2D eigenvalue weighted by Gasteiger charge is 2.32. The van der Waals surface area contributed by atoms with Gasteiger partial charge in [-0.25, -0.2) is 4.39 Å². The third-order valence-corrected chi connectivity index (χ3v) is 8.37. The highest BCUT2D eigenvalue weighted by molar-refractivity contribution is 6.00. The van der Waals surface area contributed by atoms with Gasteiger partial charge < -0.3 is 31.3 Å². The van der Waals surface area contributed by atoms with Gasteiger partial charge in [0.2, 0.25) is 23.6 Å². The molecule has 3 aromatic rings. The third-order valence-electron chi connectivity index (χ3n) is 8.37. The summed E-state index contributed by atoms with van der Waals surface area (Å²) in [4.78, 5) is 67.1. The van der Waals surface area contributed by atoms with Gasteiger partial charge in [-0.05, 0) is 55.7 Å². The Morgan fingerprint density at radius 2 is 1.60 bits per heavy atom. The van der Waals surface area contributed by atoms with Gasteiger partial charge in [0.15, 0.2) is 0 Å². The Hall–Kier alpha value is -5.26. The van der Waals surface area contributed by atoms with E-state index < -0.39 is 53.1 Å². The third kappa shape index (κ3) is 11.1. The normalized spacial score (nSPS) is 19.5. The Morgan fingerprint density at radius 1 is 0.920 bits per heavy atom. The summed E-state index contributed by atoms with van der Waals surface area (Å²) in [7, 11) is 0. The average Bonchev–Trinajstić information content (AvgIpc) is 3.06. The number of amides is 5. The fourth-order valence-electron chi connectivity index (χ4n) is 5.61. The van der Waals surface area contributed by atoms with Crippen LogP contribution in [0.3, 0.4) is 0 Å². The van der Waals surface area contributed by atoms with E-state index in [9.17, 15) is 28.4 Å². The first-order valence-electron chi connectivity index (χ1n) is 16.7. The number of hydrogen-bond donors (Lipinski definition) is 5. The molecular weight excluding hydrogens is 641 g/mol. The van der Waals surface area contributed by atoms with E-state index in [1.165, 1.54) is 12.1 Å². The molecule has 0 unspecified atom stereocenters. The second-order valence-electron chi connectivity index (χ2n) is 13.7. The quantitative estimate of drug-likeness (QED) is 0.268. The van der Waals surface area contributed by atoms with Crippen molar-refractivity contribution in [2.24, 2.45) is 0 Å². The van der Waals surface area contributed by atoms with Crippen LogP contribution in [0.25, 0.3) is 0 Å². The van der Waals surface area contributed by atoms with Crippen LogP contribution in [0.2, 0.25) is 0 Å². The topological polar surface area (TPSA) is 155 Å². The van der Waals surface area contributed by atoms with Gasteiger partial charge in [0.05, 0.1) is 18.6 Å². The molecule has 12 heteroatoms. The summed E-state index contributed by atoms with van der Waals surface area (Å²) in [5.74, 6) is -2.73. The molecule has 266 valence electrons. The average molecular weight is 688 g/mol. The van der Waals surface area contributed by atoms with Gasteiger partial charge in [-0.2, -0.15) is 0 Å². The van der Waals surface area contributed by atoms with E-state index >= 15 is 0 Å². The lowest BCUT2D eigenvalue weighted by Crippen LogP contribution is -2.54. The molecule has 0 aromatic heterocycles. The Balaban J connectivity index is 1.56. The van der Waals surface area contributed by atoms with E-state index in [0.29, 0.717) is 6.42 Å². The van der Waals surface area contributed by atoms with Gasteiger partial charge in [0.25, 0.3) is 5.91 Å². The smallest absolute Gasteiger partial charge is 0.255 e. The van der Waals surface area contributed by atoms with Gasteiger partial charge in [-0.3, -0.25) is 24.0 Å². The summed E-state index contributed by atoms with van der Waals surface area (Å²) in [6.45, 7) is 7.63. The minimum absolute atomic E-state index is 0.133. The molecule has 3 aromatic carbocycles. The number of halogens is 1. The van der Waals surface area contributed by atoms with Crippen LogP contribution in [0.4, 0.5) is 4.39 Å². The van der Waals surface area contributed by atoms with Crippen molar-refractivity contribution in [3.63, 3.8) is 0 Å². The van der Waals surface area contributed by atoms with Crippen LogP contribution in [-0.2, 0) is 31.0 Å². The van der Waals surface area contributed by atoms with Crippen molar-refractivity contribution in [1.82, 2.24) is 26.6 Å². The zero-order chi connectivity index (χ0) is 36.3. The van der Waals surface area contributed by atoms with Crippen molar-refractivity contribution < 1.29 is 33.1 Å². The molecule has 0 aliphatic carbocycles. The number of benzene rings is 3. The Kier molecular flexibility index (Phi) is 12.7. The first kappa shape index (κ1) is 37.6. The molecule has 5 amide bonds. The standard InChI is InChI=1S/C38H46FN5O6/c1-37(2,26-15-17-27(39)18-16-26)24-41-36(49)30-22-32(45)44-38(3,4)23-33(46)42-29(21-25-11-6-5-7-12-25)35(48)40-19-10-20-50-31-14-9-8-13-28(31)34(47)43-30/h5-9,11-18,29-30H,10,19-24H2,1-4H3,(H,40,48)(H,41,49)(H,42,46)(H,43,47)(H,44,45)/t29-,30-/m0/s1. The number of ether oxygens (including phenoxy) is 1. The summed E-state index contributed by atoms with van der Waals surface area (Å²) in [6, 6.07) is 19.7. The summed E-state index contributed by atoms with van der Waals surface area (Å²) in [5.41, 5.74) is 0.136. The lowest BCUT2D eigenvalue weighted by atomic mass is 9.84. The molecule has 1 heterocycles. The van der Waals surface area contributed by atoms with E-state index in [2.05, 4.69) is 26.6 Å². The molecule has 11 nitrogen and oxygen atoms in total. The second kappa shape index (κ2) is 16.9. The van der Waals surface area contributed by atoms with Crippen LogP contribution >= 0.6 is 0 Å². The first-order valence-corrected chi connectivity index (χ1v) is 16.7. The van der Waals surface area contributed by atoms with Crippen LogP contribution in [0.5, 0.6) is 5.75 Å². The van der Waals surface area contributed by atoms with Crippen LogP contribution in [0.15, 0.2) is 78.9 Å². The number of hydrogen-bond acceptors (Lipinski definition) is 6. The summed E-state index contributed by atoms with van der Waals surface area (Å²) < 4.78 is 19.4. The van der Waals surface area contributed by atoms with E-state index in [1.54, 1.807) is 50.2 Å². The Labute approximate surface area is 292 Å². The van der Waals surface area contributed by atoms with E-state index in [1.807, 2.05) is 44.2 Å². The Morgan fingerprint density at radius 3 is 2.32 bits per heavy atom. The zero-order valence-corrected chi connectivity index (χ0v) is 28.9. The van der Waals surface area contributed by atoms with Crippen molar-refractivity contribution in [3.05, 3.63) is 101 Å². The van der Waals surface area contributed by atoms with Crippen LogP contribution in [-0.4, -0.2) is 66.9 Å². The molecular formula is C38H46FN5O6. The monoisotopic (exact) mass is 687 g/mol.